The molecule has 0 aliphatic carbocycles. The third kappa shape index (κ3) is 6.04. The molecule has 0 spiro atoms. The molecule has 0 radical (unpaired) electrons. The molecule has 1 fully saturated rings. The summed E-state index contributed by atoms with van der Waals surface area (Å²) < 4.78 is 29.1. The minimum Gasteiger partial charge on any atom is -0.322 e. The lowest BCUT2D eigenvalue weighted by Crippen LogP contribution is -2.57. The molecule has 35 heavy (non-hydrogen) atoms. The van der Waals surface area contributed by atoms with Crippen LogP contribution in [0.3, 0.4) is 0 Å². The van der Waals surface area contributed by atoms with Crippen molar-refractivity contribution >= 4 is 55.0 Å². The number of hydrogen-bond donors (Lipinski definition) is 1. The van der Waals surface area contributed by atoms with Crippen molar-refractivity contribution in [2.75, 3.05) is 19.6 Å². The molecule has 0 unspecified atom stereocenters. The second-order valence-electron chi connectivity index (χ2n) is 7.89. The van der Waals surface area contributed by atoms with Crippen LogP contribution in [0.25, 0.3) is 0 Å². The van der Waals surface area contributed by atoms with Crippen LogP contribution in [-0.4, -0.2) is 55.6 Å². The average Bonchev–Trinajstić information content (AvgIpc) is 3.30. The molecule has 0 bridgehead atoms. The van der Waals surface area contributed by atoms with Crippen molar-refractivity contribution in [3.63, 3.8) is 0 Å². The lowest BCUT2D eigenvalue weighted by Gasteiger charge is -2.34. The number of imide groups is 1. The highest BCUT2D eigenvalue weighted by atomic mass is 79.9. The molecule has 182 valence electrons. The van der Waals surface area contributed by atoms with Crippen molar-refractivity contribution in [3.8, 4) is 0 Å². The number of hydrogen-bond acceptors (Lipinski definition) is 6. The summed E-state index contributed by atoms with van der Waals surface area (Å²) in [5, 5.41) is 0. The summed E-state index contributed by atoms with van der Waals surface area (Å²) in [6.45, 7) is -0.407. The summed E-state index contributed by atoms with van der Waals surface area (Å²) in [4.78, 5) is 41.3. The highest BCUT2D eigenvalue weighted by molar-refractivity contribution is 9.11. The number of carbonyl (C=O) groups is 3. The standard InChI is InChI=1S/C24H22BrN3O5S2/c25-19-11-12-22(34-19)35(32,33)26-23(18-9-5-2-6-10-18)24(31)27-15-20(29)28(21(30)16-27)14-13-17-7-3-1-4-8-17/h1-12,23,26H,13-16H2/t23-/m0/s1. The molecule has 2 aromatic carbocycles. The molecule has 1 aliphatic heterocycles. The maximum Gasteiger partial charge on any atom is 0.251 e. The lowest BCUT2D eigenvalue weighted by atomic mass is 10.1. The number of rotatable bonds is 8. The van der Waals surface area contributed by atoms with Crippen molar-refractivity contribution in [1.29, 1.82) is 0 Å². The quantitative estimate of drug-likeness (QED) is 0.416. The Morgan fingerprint density at radius 2 is 1.54 bits per heavy atom. The van der Waals surface area contributed by atoms with E-state index in [1.807, 2.05) is 30.3 Å². The molecule has 1 aromatic heterocycles. The maximum atomic E-state index is 13.5. The van der Waals surface area contributed by atoms with Gasteiger partial charge in [0.2, 0.25) is 17.7 Å². The van der Waals surface area contributed by atoms with Gasteiger partial charge in [0.15, 0.2) is 0 Å². The van der Waals surface area contributed by atoms with E-state index in [2.05, 4.69) is 20.7 Å². The van der Waals surface area contributed by atoms with Crippen molar-refractivity contribution in [2.24, 2.45) is 0 Å². The van der Waals surface area contributed by atoms with E-state index < -0.39 is 33.8 Å². The molecular weight excluding hydrogens is 554 g/mol. The van der Waals surface area contributed by atoms with Gasteiger partial charge in [0.25, 0.3) is 10.0 Å². The minimum absolute atomic E-state index is 0.0380. The van der Waals surface area contributed by atoms with Crippen molar-refractivity contribution in [1.82, 2.24) is 14.5 Å². The SMILES string of the molecule is O=C([C@@H](NS(=O)(=O)c1ccc(Br)s1)c1ccccc1)N1CC(=O)N(CCc2ccccc2)C(=O)C1. The first kappa shape index (κ1) is 25.2. The Bertz CT molecular complexity index is 1310. The Hall–Kier alpha value is -2.86. The first-order valence-corrected chi connectivity index (χ1v) is 13.8. The van der Waals surface area contributed by atoms with Crippen LogP contribution in [0.4, 0.5) is 0 Å². The van der Waals surface area contributed by atoms with Gasteiger partial charge >= 0.3 is 0 Å². The van der Waals surface area contributed by atoms with Crippen molar-refractivity contribution in [3.05, 3.63) is 87.7 Å². The van der Waals surface area contributed by atoms with Crippen LogP contribution in [0.15, 0.2) is 80.8 Å². The first-order chi connectivity index (χ1) is 16.7. The molecule has 3 aromatic rings. The second-order valence-corrected chi connectivity index (χ2v) is 12.3. The van der Waals surface area contributed by atoms with Crippen LogP contribution in [0.5, 0.6) is 0 Å². The molecule has 1 N–H and O–H groups in total. The predicted octanol–water partition coefficient (Wildman–Crippen LogP) is 2.97. The van der Waals surface area contributed by atoms with Gasteiger partial charge in [-0.25, -0.2) is 8.42 Å². The Balaban J connectivity index is 1.51. The summed E-state index contributed by atoms with van der Waals surface area (Å²) in [6.07, 6.45) is 0.509. The minimum atomic E-state index is -4.04. The van der Waals surface area contributed by atoms with Crippen LogP contribution in [0, 0.1) is 0 Å². The van der Waals surface area contributed by atoms with Gasteiger partial charge in [0.05, 0.1) is 3.79 Å². The Morgan fingerprint density at radius 3 is 2.11 bits per heavy atom. The highest BCUT2D eigenvalue weighted by Gasteiger charge is 2.38. The summed E-state index contributed by atoms with van der Waals surface area (Å²) in [5.41, 5.74) is 1.40. The third-order valence-electron chi connectivity index (χ3n) is 5.50. The fourth-order valence-corrected chi connectivity index (χ4v) is 6.93. The number of amides is 3. The van der Waals surface area contributed by atoms with Gasteiger partial charge in [-0.2, -0.15) is 4.72 Å². The number of thiophene rings is 1. The van der Waals surface area contributed by atoms with Crippen LogP contribution in [0.1, 0.15) is 17.2 Å². The van der Waals surface area contributed by atoms with Gasteiger partial charge in [-0.15, -0.1) is 11.3 Å². The van der Waals surface area contributed by atoms with E-state index in [1.165, 1.54) is 6.07 Å². The molecule has 8 nitrogen and oxygen atoms in total. The summed E-state index contributed by atoms with van der Waals surface area (Å²) >= 11 is 4.26. The van der Waals surface area contributed by atoms with E-state index in [-0.39, 0.29) is 23.8 Å². The lowest BCUT2D eigenvalue weighted by molar-refractivity contribution is -0.157. The number of carbonyl (C=O) groups excluding carboxylic acids is 3. The fraction of sp³-hybridized carbons (Fsp3) is 0.208. The van der Waals surface area contributed by atoms with E-state index in [0.717, 1.165) is 26.7 Å². The first-order valence-electron chi connectivity index (χ1n) is 10.7. The van der Waals surface area contributed by atoms with Gasteiger partial charge in [0, 0.05) is 6.54 Å². The van der Waals surface area contributed by atoms with Gasteiger partial charge < -0.3 is 4.90 Å². The van der Waals surface area contributed by atoms with Gasteiger partial charge in [-0.3, -0.25) is 19.3 Å². The summed E-state index contributed by atoms with van der Waals surface area (Å²) in [6, 6.07) is 19.6. The smallest absolute Gasteiger partial charge is 0.251 e. The van der Waals surface area contributed by atoms with E-state index >= 15 is 0 Å². The van der Waals surface area contributed by atoms with Crippen LogP contribution >= 0.6 is 27.3 Å². The zero-order chi connectivity index (χ0) is 25.0. The number of nitrogens with zero attached hydrogens (tertiary/aromatic N) is 2. The molecule has 1 atom stereocenters. The van der Waals surface area contributed by atoms with Gasteiger partial charge in [-0.1, -0.05) is 60.7 Å². The van der Waals surface area contributed by atoms with Crippen molar-refractivity contribution < 1.29 is 22.8 Å². The maximum absolute atomic E-state index is 13.5. The van der Waals surface area contributed by atoms with Crippen LogP contribution in [0.2, 0.25) is 0 Å². The van der Waals surface area contributed by atoms with Crippen LogP contribution in [-0.2, 0) is 30.8 Å². The molecule has 1 aliphatic rings. The largest absolute Gasteiger partial charge is 0.322 e. The third-order valence-corrected chi connectivity index (χ3v) is 9.04. The highest BCUT2D eigenvalue weighted by Crippen LogP contribution is 2.28. The monoisotopic (exact) mass is 575 g/mol. The fourth-order valence-electron chi connectivity index (χ4n) is 3.73. The van der Waals surface area contributed by atoms with E-state index in [1.54, 1.807) is 36.4 Å². The normalized spacial score (nSPS) is 15.3. The van der Waals surface area contributed by atoms with Gasteiger partial charge in [0.1, 0.15) is 23.3 Å². The Kier molecular flexibility index (Phi) is 7.80. The molecule has 4 rings (SSSR count). The zero-order valence-corrected chi connectivity index (χ0v) is 21.7. The zero-order valence-electron chi connectivity index (χ0n) is 18.5. The molecule has 2 heterocycles. The van der Waals surface area contributed by atoms with Gasteiger partial charge in [-0.05, 0) is 45.6 Å². The number of halogens is 1. The predicted molar refractivity (Wildman–Crippen MR) is 135 cm³/mol. The molecule has 11 heteroatoms. The Labute approximate surface area is 215 Å². The van der Waals surface area contributed by atoms with Crippen LogP contribution < -0.4 is 4.72 Å². The number of sulfonamides is 1. The van der Waals surface area contributed by atoms with E-state index in [9.17, 15) is 22.8 Å². The number of piperazine rings is 1. The van der Waals surface area contributed by atoms with E-state index in [0.29, 0.717) is 15.8 Å². The summed E-state index contributed by atoms with van der Waals surface area (Å²) in [7, 11) is -4.04. The summed E-state index contributed by atoms with van der Waals surface area (Å²) in [5.74, 6) is -1.66. The topological polar surface area (TPSA) is 104 Å². The number of nitrogens with one attached hydrogen (secondary N) is 1. The Morgan fingerprint density at radius 1 is 0.943 bits per heavy atom. The molecule has 0 saturated carbocycles. The average molecular weight is 576 g/mol. The molecule has 3 amide bonds. The van der Waals surface area contributed by atoms with E-state index in [4.69, 9.17) is 0 Å². The van der Waals surface area contributed by atoms with Crippen molar-refractivity contribution in [2.45, 2.75) is 16.7 Å². The second kappa shape index (κ2) is 10.8. The number of benzene rings is 2. The molecule has 1 saturated heterocycles. The molecular formula is C24H22BrN3O5S2.